The van der Waals surface area contributed by atoms with Crippen LogP contribution in [0.1, 0.15) is 58.8 Å². The Bertz CT molecular complexity index is 575. The summed E-state index contributed by atoms with van der Waals surface area (Å²) in [7, 11) is 0. The van der Waals surface area contributed by atoms with E-state index in [1.54, 1.807) is 0 Å². The Kier molecular flexibility index (Phi) is 6.19. The molecule has 0 aromatic heterocycles. The van der Waals surface area contributed by atoms with E-state index in [2.05, 4.69) is 6.92 Å². The predicted molar refractivity (Wildman–Crippen MR) is 95.0 cm³/mol. The maximum absolute atomic E-state index is 14.2. The molecular weight excluding hydrogens is 322 g/mol. The molecule has 0 saturated heterocycles. The second kappa shape index (κ2) is 8.37. The summed E-state index contributed by atoms with van der Waals surface area (Å²) in [5.41, 5.74) is 0. The number of hydrogen-bond donors (Lipinski definition) is 0. The van der Waals surface area contributed by atoms with Crippen molar-refractivity contribution in [3.8, 4) is 11.5 Å². The molecule has 0 N–H and O–H groups in total. The zero-order chi connectivity index (χ0) is 17.8. The van der Waals surface area contributed by atoms with Gasteiger partial charge in [0.05, 0.1) is 13.2 Å². The maximum atomic E-state index is 14.2. The first kappa shape index (κ1) is 18.5. The molecule has 2 aliphatic rings. The molecule has 2 saturated carbocycles. The Balaban J connectivity index is 1.58. The van der Waals surface area contributed by atoms with Crippen LogP contribution in [0.2, 0.25) is 0 Å². The summed E-state index contributed by atoms with van der Waals surface area (Å²) in [4.78, 5) is 0. The SMILES string of the molecule is CCCOc1ccc(OCC2CCC3C(CCC)CCC23)c(F)c1F. The van der Waals surface area contributed by atoms with Crippen molar-refractivity contribution >= 4 is 0 Å². The molecule has 3 rings (SSSR count). The van der Waals surface area contributed by atoms with E-state index in [0.717, 1.165) is 24.7 Å². The molecule has 4 unspecified atom stereocenters. The fraction of sp³-hybridized carbons (Fsp3) is 0.714. The lowest BCUT2D eigenvalue weighted by atomic mass is 9.87. The van der Waals surface area contributed by atoms with Crippen LogP contribution in [0.3, 0.4) is 0 Å². The van der Waals surface area contributed by atoms with Crippen molar-refractivity contribution in [2.75, 3.05) is 13.2 Å². The molecule has 4 heteroatoms. The second-order valence-corrected chi connectivity index (χ2v) is 7.64. The summed E-state index contributed by atoms with van der Waals surface area (Å²) >= 11 is 0. The van der Waals surface area contributed by atoms with Crippen LogP contribution in [0, 0.1) is 35.3 Å². The van der Waals surface area contributed by atoms with Gasteiger partial charge in [-0.05, 0) is 67.9 Å². The van der Waals surface area contributed by atoms with Crippen LogP contribution in [0.4, 0.5) is 8.78 Å². The van der Waals surface area contributed by atoms with Crippen molar-refractivity contribution in [3.05, 3.63) is 23.8 Å². The summed E-state index contributed by atoms with van der Waals surface area (Å²) in [5.74, 6) is 0.961. The number of fused-ring (bicyclic) bond motifs is 1. The van der Waals surface area contributed by atoms with E-state index < -0.39 is 11.6 Å². The molecule has 2 nitrogen and oxygen atoms in total. The van der Waals surface area contributed by atoms with Gasteiger partial charge in [0.2, 0.25) is 11.6 Å². The fourth-order valence-electron chi connectivity index (χ4n) is 4.92. The van der Waals surface area contributed by atoms with E-state index in [9.17, 15) is 8.78 Å². The standard InChI is InChI=1S/C21H30F2O2/c1-3-5-14-6-8-17-15(7-9-16(14)17)13-25-19-11-10-18(24-12-4-2)20(22)21(19)23/h10-11,14-17H,3-9,12-13H2,1-2H3. The Morgan fingerprint density at radius 1 is 0.840 bits per heavy atom. The number of halogens is 2. The average Bonchev–Trinajstić information content (AvgIpc) is 3.19. The van der Waals surface area contributed by atoms with Crippen LogP contribution in [0.15, 0.2) is 12.1 Å². The molecule has 0 radical (unpaired) electrons. The van der Waals surface area contributed by atoms with Crippen molar-refractivity contribution in [1.82, 2.24) is 0 Å². The molecule has 4 atom stereocenters. The number of rotatable bonds is 8. The van der Waals surface area contributed by atoms with Gasteiger partial charge in [0.15, 0.2) is 11.5 Å². The minimum atomic E-state index is -0.945. The Morgan fingerprint density at radius 3 is 2.08 bits per heavy atom. The minimum absolute atomic E-state index is 0.00732. The summed E-state index contributed by atoms with van der Waals surface area (Å²) in [6.07, 6.45) is 8.35. The van der Waals surface area contributed by atoms with Crippen LogP contribution in [0.25, 0.3) is 0 Å². The lowest BCUT2D eigenvalue weighted by molar-refractivity contribution is 0.193. The summed E-state index contributed by atoms with van der Waals surface area (Å²) in [5, 5.41) is 0. The summed E-state index contributed by atoms with van der Waals surface area (Å²) < 4.78 is 39.2. The minimum Gasteiger partial charge on any atom is -0.490 e. The van der Waals surface area contributed by atoms with E-state index >= 15 is 0 Å². The molecule has 2 fully saturated rings. The quantitative estimate of drug-likeness (QED) is 0.572. The van der Waals surface area contributed by atoms with Gasteiger partial charge in [-0.3, -0.25) is 0 Å². The molecular formula is C21H30F2O2. The van der Waals surface area contributed by atoms with Gasteiger partial charge in [-0.2, -0.15) is 8.78 Å². The number of benzene rings is 1. The van der Waals surface area contributed by atoms with Gasteiger partial charge in [0, 0.05) is 0 Å². The van der Waals surface area contributed by atoms with E-state index in [0.29, 0.717) is 25.0 Å². The van der Waals surface area contributed by atoms with Gasteiger partial charge >= 0.3 is 0 Å². The molecule has 0 spiro atoms. The molecule has 0 amide bonds. The van der Waals surface area contributed by atoms with Crippen LogP contribution in [-0.4, -0.2) is 13.2 Å². The van der Waals surface area contributed by atoms with Crippen molar-refractivity contribution in [1.29, 1.82) is 0 Å². The monoisotopic (exact) mass is 352 g/mol. The predicted octanol–water partition coefficient (Wildman–Crippen LogP) is 5.98. The van der Waals surface area contributed by atoms with Gasteiger partial charge < -0.3 is 9.47 Å². The zero-order valence-electron chi connectivity index (χ0n) is 15.4. The summed E-state index contributed by atoms with van der Waals surface area (Å²) in [6, 6.07) is 2.96. The van der Waals surface area contributed by atoms with Crippen LogP contribution in [0.5, 0.6) is 11.5 Å². The largest absolute Gasteiger partial charge is 0.490 e. The van der Waals surface area contributed by atoms with Crippen molar-refractivity contribution in [2.45, 2.75) is 58.8 Å². The maximum Gasteiger partial charge on any atom is 0.204 e. The van der Waals surface area contributed by atoms with Gasteiger partial charge in [0.1, 0.15) is 0 Å². The van der Waals surface area contributed by atoms with Crippen molar-refractivity contribution in [2.24, 2.45) is 23.7 Å². The van der Waals surface area contributed by atoms with Gasteiger partial charge in [-0.1, -0.05) is 26.7 Å². The Labute approximate surface area is 149 Å². The third-order valence-corrected chi connectivity index (χ3v) is 6.09. The highest BCUT2D eigenvalue weighted by Gasteiger charge is 2.44. The van der Waals surface area contributed by atoms with E-state index in [1.807, 2.05) is 6.92 Å². The third kappa shape index (κ3) is 3.93. The first-order chi connectivity index (χ1) is 12.2. The molecule has 140 valence electrons. The van der Waals surface area contributed by atoms with Gasteiger partial charge in [-0.25, -0.2) is 0 Å². The molecule has 1 aromatic rings. The lowest BCUT2D eigenvalue weighted by Crippen LogP contribution is -2.19. The normalized spacial score (nSPS) is 28.2. The highest BCUT2D eigenvalue weighted by atomic mass is 19.2. The van der Waals surface area contributed by atoms with E-state index in [4.69, 9.17) is 9.47 Å². The first-order valence-electron chi connectivity index (χ1n) is 9.89. The highest BCUT2D eigenvalue weighted by molar-refractivity contribution is 5.35. The second-order valence-electron chi connectivity index (χ2n) is 7.64. The third-order valence-electron chi connectivity index (χ3n) is 6.09. The first-order valence-corrected chi connectivity index (χ1v) is 9.89. The molecule has 1 aromatic carbocycles. The molecule has 0 aliphatic heterocycles. The van der Waals surface area contributed by atoms with Gasteiger partial charge in [-0.15, -0.1) is 0 Å². The Hall–Kier alpha value is -1.32. The highest BCUT2D eigenvalue weighted by Crippen LogP contribution is 2.52. The molecule has 2 aliphatic carbocycles. The number of ether oxygens (including phenoxy) is 2. The molecule has 0 heterocycles. The smallest absolute Gasteiger partial charge is 0.204 e. The summed E-state index contributed by atoms with van der Waals surface area (Å²) in [6.45, 7) is 5.05. The van der Waals surface area contributed by atoms with Crippen molar-refractivity contribution < 1.29 is 18.3 Å². The van der Waals surface area contributed by atoms with E-state index in [-0.39, 0.29) is 11.5 Å². The fourth-order valence-corrected chi connectivity index (χ4v) is 4.92. The van der Waals surface area contributed by atoms with Crippen LogP contribution >= 0.6 is 0 Å². The van der Waals surface area contributed by atoms with Crippen LogP contribution in [-0.2, 0) is 0 Å². The van der Waals surface area contributed by atoms with Gasteiger partial charge in [0.25, 0.3) is 0 Å². The topological polar surface area (TPSA) is 18.5 Å². The van der Waals surface area contributed by atoms with Crippen LogP contribution < -0.4 is 9.47 Å². The molecule has 0 bridgehead atoms. The molecule has 25 heavy (non-hydrogen) atoms. The number of hydrogen-bond acceptors (Lipinski definition) is 2. The average molecular weight is 352 g/mol. The lowest BCUT2D eigenvalue weighted by Gasteiger charge is -2.21. The van der Waals surface area contributed by atoms with Crippen molar-refractivity contribution in [3.63, 3.8) is 0 Å². The van der Waals surface area contributed by atoms with E-state index in [1.165, 1.54) is 44.2 Å². The zero-order valence-corrected chi connectivity index (χ0v) is 15.4. The Morgan fingerprint density at radius 2 is 1.44 bits per heavy atom.